The Labute approximate surface area is 116 Å². The second-order valence-electron chi connectivity index (χ2n) is 6.74. The zero-order valence-electron chi connectivity index (χ0n) is 11.8. The van der Waals surface area contributed by atoms with Gasteiger partial charge in [-0.2, -0.15) is 0 Å². The smallest absolute Gasteiger partial charge is 0.214 e. The largest absolute Gasteiger partial charge is 0.317 e. The van der Waals surface area contributed by atoms with E-state index in [1.807, 2.05) is 0 Å². The minimum absolute atomic E-state index is 0.121. The van der Waals surface area contributed by atoms with Gasteiger partial charge in [-0.3, -0.25) is 0 Å². The van der Waals surface area contributed by atoms with Crippen LogP contribution in [0.15, 0.2) is 0 Å². The molecule has 0 aromatic carbocycles. The molecule has 4 atom stereocenters. The lowest BCUT2D eigenvalue weighted by Gasteiger charge is -2.31. The molecule has 3 rings (SSSR count). The Morgan fingerprint density at radius 2 is 1.84 bits per heavy atom. The van der Waals surface area contributed by atoms with E-state index in [2.05, 4.69) is 17.0 Å². The van der Waals surface area contributed by atoms with E-state index in [1.165, 1.54) is 25.7 Å². The van der Waals surface area contributed by atoms with Gasteiger partial charge in [-0.15, -0.1) is 0 Å². The summed E-state index contributed by atoms with van der Waals surface area (Å²) >= 11 is 0. The molecule has 0 aromatic heterocycles. The molecular formula is C14H26N2O2S. The van der Waals surface area contributed by atoms with Gasteiger partial charge in [0, 0.05) is 6.04 Å². The van der Waals surface area contributed by atoms with Crippen molar-refractivity contribution in [3.05, 3.63) is 0 Å². The van der Waals surface area contributed by atoms with Gasteiger partial charge < -0.3 is 5.32 Å². The fourth-order valence-corrected chi connectivity index (χ4v) is 6.20. The Morgan fingerprint density at radius 1 is 1.11 bits per heavy atom. The highest BCUT2D eigenvalue weighted by molar-refractivity contribution is 7.90. The minimum atomic E-state index is -3.13. The summed E-state index contributed by atoms with van der Waals surface area (Å²) < 4.78 is 27.8. The van der Waals surface area contributed by atoms with Gasteiger partial charge in [0.25, 0.3) is 0 Å². The fraction of sp³-hybridized carbons (Fsp3) is 1.00. The first-order valence-corrected chi connectivity index (χ1v) is 9.33. The minimum Gasteiger partial charge on any atom is -0.317 e. The van der Waals surface area contributed by atoms with Crippen molar-refractivity contribution in [3.63, 3.8) is 0 Å². The van der Waals surface area contributed by atoms with Crippen LogP contribution < -0.4 is 10.0 Å². The predicted molar refractivity (Wildman–Crippen MR) is 76.3 cm³/mol. The number of hydrogen-bond donors (Lipinski definition) is 2. The van der Waals surface area contributed by atoms with Crippen LogP contribution in [0.5, 0.6) is 0 Å². The molecule has 2 saturated carbocycles. The number of rotatable bonds is 4. The van der Waals surface area contributed by atoms with Gasteiger partial charge in [-0.05, 0) is 69.9 Å². The normalized spacial score (nSPS) is 37.6. The van der Waals surface area contributed by atoms with Crippen molar-refractivity contribution < 1.29 is 8.42 Å². The highest BCUT2D eigenvalue weighted by atomic mass is 32.2. The third-order valence-electron chi connectivity index (χ3n) is 5.51. The summed E-state index contributed by atoms with van der Waals surface area (Å²) in [5, 5.41) is 3.04. The molecule has 2 aliphatic carbocycles. The lowest BCUT2D eigenvalue weighted by atomic mass is 9.84. The molecule has 4 nitrogen and oxygen atoms in total. The maximum atomic E-state index is 12.4. The summed E-state index contributed by atoms with van der Waals surface area (Å²) in [5.74, 6) is 2.23. The molecule has 0 aromatic rings. The SMILES string of the molecule is CC(NS(=O)(=O)C1CCNCC1)C1CC2CCC1C2. The van der Waals surface area contributed by atoms with Gasteiger partial charge in [0.2, 0.25) is 10.0 Å². The quantitative estimate of drug-likeness (QED) is 0.823. The van der Waals surface area contributed by atoms with Crippen LogP contribution in [0, 0.1) is 17.8 Å². The zero-order valence-corrected chi connectivity index (χ0v) is 12.6. The number of piperidine rings is 1. The van der Waals surface area contributed by atoms with E-state index >= 15 is 0 Å². The van der Waals surface area contributed by atoms with E-state index in [1.54, 1.807) is 0 Å². The summed E-state index contributed by atoms with van der Waals surface area (Å²) in [4.78, 5) is 0. The molecule has 2 N–H and O–H groups in total. The lowest BCUT2D eigenvalue weighted by Crippen LogP contribution is -2.47. The zero-order chi connectivity index (χ0) is 13.5. The molecule has 19 heavy (non-hydrogen) atoms. The van der Waals surface area contributed by atoms with Crippen LogP contribution in [0.3, 0.4) is 0 Å². The third-order valence-corrected chi connectivity index (χ3v) is 7.56. The summed E-state index contributed by atoms with van der Waals surface area (Å²) in [6.45, 7) is 3.73. The number of hydrogen-bond acceptors (Lipinski definition) is 3. The average Bonchev–Trinajstić information content (AvgIpc) is 3.01. The lowest BCUT2D eigenvalue weighted by molar-refractivity contribution is 0.279. The monoisotopic (exact) mass is 286 g/mol. The van der Waals surface area contributed by atoms with Crippen molar-refractivity contribution in [3.8, 4) is 0 Å². The number of nitrogens with one attached hydrogen (secondary N) is 2. The van der Waals surface area contributed by atoms with Gasteiger partial charge in [0.15, 0.2) is 0 Å². The number of fused-ring (bicyclic) bond motifs is 2. The second kappa shape index (κ2) is 5.34. The van der Waals surface area contributed by atoms with Crippen LogP contribution in [0.2, 0.25) is 0 Å². The third kappa shape index (κ3) is 2.83. The van der Waals surface area contributed by atoms with Crippen molar-refractivity contribution in [1.29, 1.82) is 0 Å². The Bertz CT molecular complexity index is 417. The first kappa shape index (κ1) is 13.8. The van der Waals surface area contributed by atoms with Crippen molar-refractivity contribution in [1.82, 2.24) is 10.0 Å². The fourth-order valence-electron chi connectivity index (χ4n) is 4.45. The van der Waals surface area contributed by atoms with Gasteiger partial charge >= 0.3 is 0 Å². The molecule has 0 radical (unpaired) electrons. The van der Waals surface area contributed by atoms with Crippen molar-refractivity contribution in [2.75, 3.05) is 13.1 Å². The van der Waals surface area contributed by atoms with Crippen molar-refractivity contribution in [2.24, 2.45) is 17.8 Å². The van der Waals surface area contributed by atoms with Crippen LogP contribution in [0.25, 0.3) is 0 Å². The molecule has 0 spiro atoms. The molecule has 5 heteroatoms. The molecule has 110 valence electrons. The first-order chi connectivity index (χ1) is 9.06. The summed E-state index contributed by atoms with van der Waals surface area (Å²) in [6, 6.07) is 0.121. The molecule has 1 heterocycles. The molecular weight excluding hydrogens is 260 g/mol. The Morgan fingerprint density at radius 3 is 2.42 bits per heavy atom. The van der Waals surface area contributed by atoms with Gasteiger partial charge in [0.05, 0.1) is 5.25 Å². The molecule has 1 saturated heterocycles. The molecule has 4 unspecified atom stereocenters. The first-order valence-electron chi connectivity index (χ1n) is 7.78. The number of sulfonamides is 1. The highest BCUT2D eigenvalue weighted by Crippen LogP contribution is 2.49. The van der Waals surface area contributed by atoms with Gasteiger partial charge in [-0.1, -0.05) is 6.42 Å². The van der Waals surface area contributed by atoms with Crippen LogP contribution in [-0.4, -0.2) is 32.8 Å². The van der Waals surface area contributed by atoms with E-state index in [-0.39, 0.29) is 11.3 Å². The van der Waals surface area contributed by atoms with Gasteiger partial charge in [-0.25, -0.2) is 13.1 Å². The maximum Gasteiger partial charge on any atom is 0.214 e. The highest BCUT2D eigenvalue weighted by Gasteiger charge is 2.43. The van der Waals surface area contributed by atoms with E-state index < -0.39 is 10.0 Å². The second-order valence-corrected chi connectivity index (χ2v) is 8.73. The molecule has 0 amide bonds. The Hall–Kier alpha value is -0.130. The topological polar surface area (TPSA) is 58.2 Å². The summed E-state index contributed by atoms with van der Waals surface area (Å²) in [6.07, 6.45) is 6.76. The Kier molecular flexibility index (Phi) is 3.89. The Balaban J connectivity index is 1.60. The van der Waals surface area contributed by atoms with E-state index in [0.29, 0.717) is 5.92 Å². The van der Waals surface area contributed by atoms with Crippen LogP contribution >= 0.6 is 0 Å². The molecule has 3 fully saturated rings. The maximum absolute atomic E-state index is 12.4. The standard InChI is InChI=1S/C14H26N2O2S/c1-10(14-9-11-2-3-12(14)8-11)16-19(17,18)13-4-6-15-7-5-13/h10-16H,2-9H2,1H3. The molecule has 1 aliphatic heterocycles. The van der Waals surface area contributed by atoms with E-state index in [0.717, 1.165) is 37.8 Å². The van der Waals surface area contributed by atoms with Crippen molar-refractivity contribution >= 4 is 10.0 Å². The molecule has 2 bridgehead atoms. The summed E-state index contributed by atoms with van der Waals surface area (Å²) in [7, 11) is -3.13. The molecule has 3 aliphatic rings. The average molecular weight is 286 g/mol. The van der Waals surface area contributed by atoms with Crippen molar-refractivity contribution in [2.45, 2.75) is 56.7 Å². The van der Waals surface area contributed by atoms with Crippen LogP contribution in [0.1, 0.15) is 45.4 Å². The van der Waals surface area contributed by atoms with E-state index in [9.17, 15) is 8.42 Å². The predicted octanol–water partition coefficient (Wildman–Crippen LogP) is 1.48. The van der Waals surface area contributed by atoms with Crippen LogP contribution in [-0.2, 0) is 10.0 Å². The van der Waals surface area contributed by atoms with Crippen LogP contribution in [0.4, 0.5) is 0 Å². The van der Waals surface area contributed by atoms with E-state index in [4.69, 9.17) is 0 Å². The van der Waals surface area contributed by atoms with Gasteiger partial charge in [0.1, 0.15) is 0 Å². The summed E-state index contributed by atoms with van der Waals surface area (Å²) in [5.41, 5.74) is 0.